The highest BCUT2D eigenvalue weighted by molar-refractivity contribution is 5.69. The summed E-state index contributed by atoms with van der Waals surface area (Å²) in [6.45, 7) is 3.72. The first kappa shape index (κ1) is 11.4. The van der Waals surface area contributed by atoms with Gasteiger partial charge < -0.3 is 10.5 Å². The first-order chi connectivity index (χ1) is 7.04. The molecule has 0 fully saturated rings. The van der Waals surface area contributed by atoms with E-state index < -0.39 is 0 Å². The van der Waals surface area contributed by atoms with Crippen LogP contribution in [0.5, 0.6) is 0 Å². The molecule has 0 spiro atoms. The van der Waals surface area contributed by atoms with Crippen molar-refractivity contribution in [3.05, 3.63) is 17.0 Å². The fourth-order valence-electron chi connectivity index (χ4n) is 1.46. The summed E-state index contributed by atoms with van der Waals surface area (Å²) in [6, 6.07) is 0. The summed E-state index contributed by atoms with van der Waals surface area (Å²) in [4.78, 5) is 19.1. The van der Waals surface area contributed by atoms with E-state index in [1.54, 1.807) is 0 Å². The number of esters is 1. The lowest BCUT2D eigenvalue weighted by Crippen LogP contribution is -2.08. The summed E-state index contributed by atoms with van der Waals surface area (Å²) in [7, 11) is 1.38. The predicted molar refractivity (Wildman–Crippen MR) is 56.3 cm³/mol. The summed E-state index contributed by atoms with van der Waals surface area (Å²) >= 11 is 0. The van der Waals surface area contributed by atoms with Crippen LogP contribution < -0.4 is 5.73 Å². The number of rotatable bonds is 3. The largest absolute Gasteiger partial charge is 0.469 e. The van der Waals surface area contributed by atoms with Crippen molar-refractivity contribution in [1.82, 2.24) is 9.97 Å². The fraction of sp³-hybridized carbons (Fsp3) is 0.500. The molecule has 1 rings (SSSR count). The van der Waals surface area contributed by atoms with Crippen LogP contribution in [0.3, 0.4) is 0 Å². The third kappa shape index (κ3) is 2.90. The summed E-state index contributed by atoms with van der Waals surface area (Å²) in [6.07, 6.45) is 0.927. The molecular formula is C10H15N3O2. The molecule has 5 heteroatoms. The normalized spacial score (nSPS) is 10.1. The zero-order valence-electron chi connectivity index (χ0n) is 9.20. The van der Waals surface area contributed by atoms with Crippen LogP contribution in [-0.4, -0.2) is 23.0 Å². The number of nitrogens with zero attached hydrogens (tertiary/aromatic N) is 2. The van der Waals surface area contributed by atoms with Crippen molar-refractivity contribution < 1.29 is 9.53 Å². The molecule has 0 aromatic carbocycles. The molecule has 1 aromatic heterocycles. The Morgan fingerprint density at radius 1 is 1.33 bits per heavy atom. The van der Waals surface area contributed by atoms with Crippen LogP contribution in [0, 0.1) is 13.8 Å². The molecule has 0 radical (unpaired) electrons. The van der Waals surface area contributed by atoms with Gasteiger partial charge in [-0.3, -0.25) is 4.79 Å². The Bertz CT molecular complexity index is 354. The molecule has 0 unspecified atom stereocenters. The molecule has 82 valence electrons. The Hall–Kier alpha value is -1.65. The first-order valence-electron chi connectivity index (χ1n) is 4.71. The lowest BCUT2D eigenvalue weighted by molar-refractivity contribution is -0.140. The summed E-state index contributed by atoms with van der Waals surface area (Å²) in [5.74, 6) is 0.0393. The summed E-state index contributed by atoms with van der Waals surface area (Å²) in [5, 5.41) is 0. The first-order valence-corrected chi connectivity index (χ1v) is 4.71. The average molecular weight is 209 g/mol. The van der Waals surface area contributed by atoms with Crippen molar-refractivity contribution in [3.63, 3.8) is 0 Å². The maximum Gasteiger partial charge on any atom is 0.305 e. The molecule has 0 atom stereocenters. The molecule has 5 nitrogen and oxygen atoms in total. The molecule has 0 aliphatic heterocycles. The maximum atomic E-state index is 11.0. The van der Waals surface area contributed by atoms with E-state index in [1.165, 1.54) is 7.11 Å². The average Bonchev–Trinajstić information content (AvgIpc) is 2.15. The highest BCUT2D eigenvalue weighted by atomic mass is 16.5. The van der Waals surface area contributed by atoms with Gasteiger partial charge in [-0.1, -0.05) is 0 Å². The molecule has 1 heterocycles. The van der Waals surface area contributed by atoms with Gasteiger partial charge in [0.05, 0.1) is 7.11 Å². The minimum absolute atomic E-state index is 0.231. The SMILES string of the molecule is COC(=O)CCc1c(C)nc(N)nc1C. The van der Waals surface area contributed by atoms with Crippen LogP contribution in [0.4, 0.5) is 5.95 Å². The fourth-order valence-corrected chi connectivity index (χ4v) is 1.46. The lowest BCUT2D eigenvalue weighted by atomic mass is 10.1. The van der Waals surface area contributed by atoms with Gasteiger partial charge in [-0.2, -0.15) is 0 Å². The zero-order valence-corrected chi connectivity index (χ0v) is 9.20. The number of carbonyl (C=O) groups excluding carboxylic acids is 1. The minimum atomic E-state index is -0.231. The zero-order chi connectivity index (χ0) is 11.4. The highest BCUT2D eigenvalue weighted by Crippen LogP contribution is 2.13. The molecule has 0 saturated carbocycles. The third-order valence-corrected chi connectivity index (χ3v) is 2.24. The Balaban J connectivity index is 2.81. The molecule has 15 heavy (non-hydrogen) atoms. The molecule has 0 bridgehead atoms. The van der Waals surface area contributed by atoms with Gasteiger partial charge in [0, 0.05) is 17.8 Å². The van der Waals surface area contributed by atoms with E-state index in [4.69, 9.17) is 5.73 Å². The predicted octanol–water partition coefficient (Wildman–Crippen LogP) is 0.781. The molecule has 1 aromatic rings. The van der Waals surface area contributed by atoms with Gasteiger partial charge in [0.25, 0.3) is 0 Å². The number of nitrogens with two attached hydrogens (primary N) is 1. The summed E-state index contributed by atoms with van der Waals surface area (Å²) in [5.41, 5.74) is 8.11. The Morgan fingerprint density at radius 2 is 1.87 bits per heavy atom. The Labute approximate surface area is 88.7 Å². The van der Waals surface area contributed by atoms with E-state index in [0.717, 1.165) is 17.0 Å². The molecular weight excluding hydrogens is 194 g/mol. The van der Waals surface area contributed by atoms with E-state index >= 15 is 0 Å². The second-order valence-electron chi connectivity index (χ2n) is 3.31. The van der Waals surface area contributed by atoms with Crippen LogP contribution in [0.25, 0.3) is 0 Å². The van der Waals surface area contributed by atoms with Crippen molar-refractivity contribution >= 4 is 11.9 Å². The van der Waals surface area contributed by atoms with Crippen molar-refractivity contribution in [2.24, 2.45) is 0 Å². The van der Waals surface area contributed by atoms with E-state index in [9.17, 15) is 4.79 Å². The van der Waals surface area contributed by atoms with Gasteiger partial charge in [0.15, 0.2) is 0 Å². The Morgan fingerprint density at radius 3 is 2.33 bits per heavy atom. The van der Waals surface area contributed by atoms with E-state index in [1.807, 2.05) is 13.8 Å². The lowest BCUT2D eigenvalue weighted by Gasteiger charge is -2.08. The number of hydrogen-bond acceptors (Lipinski definition) is 5. The third-order valence-electron chi connectivity index (χ3n) is 2.24. The van der Waals surface area contributed by atoms with Crippen molar-refractivity contribution in [3.8, 4) is 0 Å². The van der Waals surface area contributed by atoms with Crippen LogP contribution in [0.1, 0.15) is 23.4 Å². The smallest absolute Gasteiger partial charge is 0.305 e. The Kier molecular flexibility index (Phi) is 3.60. The molecule has 2 N–H and O–H groups in total. The number of aromatic nitrogens is 2. The molecule has 0 aliphatic carbocycles. The van der Waals surface area contributed by atoms with Crippen molar-refractivity contribution in [2.75, 3.05) is 12.8 Å². The second-order valence-corrected chi connectivity index (χ2v) is 3.31. The van der Waals surface area contributed by atoms with Gasteiger partial charge in [-0.05, 0) is 25.8 Å². The van der Waals surface area contributed by atoms with Crippen LogP contribution in [-0.2, 0) is 16.0 Å². The van der Waals surface area contributed by atoms with E-state index in [-0.39, 0.29) is 11.9 Å². The number of carbonyl (C=O) groups is 1. The van der Waals surface area contributed by atoms with Gasteiger partial charge in [-0.15, -0.1) is 0 Å². The number of methoxy groups -OCH3 is 1. The monoisotopic (exact) mass is 209 g/mol. The highest BCUT2D eigenvalue weighted by Gasteiger charge is 2.09. The number of anilines is 1. The maximum absolute atomic E-state index is 11.0. The summed E-state index contributed by atoms with van der Waals surface area (Å²) < 4.78 is 4.57. The van der Waals surface area contributed by atoms with Gasteiger partial charge in [0.1, 0.15) is 0 Å². The molecule has 0 saturated heterocycles. The standard InChI is InChI=1S/C10H15N3O2/c1-6-8(4-5-9(14)15-3)7(2)13-10(11)12-6/h4-5H2,1-3H3,(H2,11,12,13). The number of aryl methyl sites for hydroxylation is 2. The van der Waals surface area contributed by atoms with Crippen LogP contribution in [0.15, 0.2) is 0 Å². The number of nitrogen functional groups attached to an aromatic ring is 1. The van der Waals surface area contributed by atoms with Crippen LogP contribution >= 0.6 is 0 Å². The van der Waals surface area contributed by atoms with E-state index in [2.05, 4.69) is 14.7 Å². The minimum Gasteiger partial charge on any atom is -0.469 e. The van der Waals surface area contributed by atoms with Crippen LogP contribution in [0.2, 0.25) is 0 Å². The van der Waals surface area contributed by atoms with Gasteiger partial charge >= 0.3 is 5.97 Å². The van der Waals surface area contributed by atoms with E-state index in [0.29, 0.717) is 12.8 Å². The quantitative estimate of drug-likeness (QED) is 0.744. The van der Waals surface area contributed by atoms with Crippen molar-refractivity contribution in [1.29, 1.82) is 0 Å². The molecule has 0 aliphatic rings. The van der Waals surface area contributed by atoms with Crippen molar-refractivity contribution in [2.45, 2.75) is 26.7 Å². The second kappa shape index (κ2) is 4.72. The van der Waals surface area contributed by atoms with Gasteiger partial charge in [-0.25, -0.2) is 9.97 Å². The number of ether oxygens (including phenoxy) is 1. The number of hydrogen-bond donors (Lipinski definition) is 1. The van der Waals surface area contributed by atoms with Gasteiger partial charge in [0.2, 0.25) is 5.95 Å². The molecule has 0 amide bonds. The topological polar surface area (TPSA) is 78.1 Å².